The minimum absolute atomic E-state index is 0.247. The molecule has 2 aliphatic heterocycles. The van der Waals surface area contributed by atoms with E-state index in [1.807, 2.05) is 42.5 Å². The highest BCUT2D eigenvalue weighted by molar-refractivity contribution is 5.92. The first kappa shape index (κ1) is 19.7. The van der Waals surface area contributed by atoms with Gasteiger partial charge in [0.2, 0.25) is 0 Å². The number of hydrogen-bond acceptors (Lipinski definition) is 6. The molecule has 2 aromatic carbocycles. The highest BCUT2D eigenvalue weighted by Crippen LogP contribution is 2.30. The van der Waals surface area contributed by atoms with Crippen LogP contribution in [-0.2, 0) is 11.2 Å². The molecule has 5 rings (SSSR count). The summed E-state index contributed by atoms with van der Waals surface area (Å²) in [5.74, 6) is 4.33. The minimum Gasteiger partial charge on any atom is -0.340 e. The normalized spacial score (nSPS) is 20.8. The molecule has 1 N–H and O–H groups in total. The topological polar surface area (TPSA) is 61.4 Å². The van der Waals surface area contributed by atoms with Gasteiger partial charge >= 0.3 is 0 Å². The summed E-state index contributed by atoms with van der Waals surface area (Å²) in [6, 6.07) is 14.2. The van der Waals surface area contributed by atoms with Crippen LogP contribution in [0.1, 0.15) is 11.1 Å². The van der Waals surface area contributed by atoms with Crippen LogP contribution < -0.4 is 5.32 Å². The summed E-state index contributed by atoms with van der Waals surface area (Å²) >= 11 is 0. The Bertz CT molecular complexity index is 1180. The van der Waals surface area contributed by atoms with Crippen molar-refractivity contribution in [2.75, 3.05) is 38.5 Å². The Labute approximate surface area is 182 Å². The number of benzene rings is 2. The monoisotopic (exact) mass is 411 g/mol. The summed E-state index contributed by atoms with van der Waals surface area (Å²) in [4.78, 5) is 26.2. The molecule has 6 heteroatoms. The number of rotatable bonds is 6. The maximum atomic E-state index is 12.7. The highest BCUT2D eigenvalue weighted by Gasteiger charge is 2.43. The first-order chi connectivity index (χ1) is 15.1. The van der Waals surface area contributed by atoms with Crippen LogP contribution >= 0.6 is 0 Å². The van der Waals surface area contributed by atoms with Crippen molar-refractivity contribution >= 4 is 28.2 Å². The number of fused-ring (bicyclic) bond motifs is 2. The number of terminal acetylenes is 1. The van der Waals surface area contributed by atoms with Gasteiger partial charge in [0, 0.05) is 54.7 Å². The number of nitrogens with one attached hydrogen (secondary N) is 1. The Morgan fingerprint density at radius 3 is 2.90 bits per heavy atom. The molecule has 3 aromatic rings. The molecule has 0 radical (unpaired) electrons. The van der Waals surface area contributed by atoms with E-state index in [1.165, 1.54) is 0 Å². The van der Waals surface area contributed by atoms with Crippen LogP contribution in [0.3, 0.4) is 0 Å². The van der Waals surface area contributed by atoms with Gasteiger partial charge in [-0.05, 0) is 42.9 Å². The van der Waals surface area contributed by atoms with Gasteiger partial charge in [-0.25, -0.2) is 9.97 Å². The first-order valence-electron chi connectivity index (χ1n) is 10.6. The number of likely N-dealkylation sites (N-methyl/N-ethyl adjacent to an activating group) is 1. The number of aromatic nitrogens is 2. The van der Waals surface area contributed by atoms with Gasteiger partial charge in [0.25, 0.3) is 0 Å². The van der Waals surface area contributed by atoms with Gasteiger partial charge in [-0.15, -0.1) is 6.42 Å². The van der Waals surface area contributed by atoms with Gasteiger partial charge in [0.15, 0.2) is 5.78 Å². The smallest absolute Gasteiger partial charge is 0.151 e. The van der Waals surface area contributed by atoms with E-state index >= 15 is 0 Å². The third-order valence-corrected chi connectivity index (χ3v) is 6.36. The third-order valence-electron chi connectivity index (χ3n) is 6.36. The fourth-order valence-corrected chi connectivity index (χ4v) is 4.79. The van der Waals surface area contributed by atoms with Crippen molar-refractivity contribution in [1.29, 1.82) is 0 Å². The number of likely N-dealkylation sites (tertiary alicyclic amines) is 2. The molecule has 0 spiro atoms. The molecule has 1 aromatic heterocycles. The average Bonchev–Trinajstić information content (AvgIpc) is 3.10. The summed E-state index contributed by atoms with van der Waals surface area (Å²) in [5, 5.41) is 4.23. The summed E-state index contributed by atoms with van der Waals surface area (Å²) in [6.45, 7) is 3.72. The zero-order valence-electron chi connectivity index (χ0n) is 17.6. The van der Waals surface area contributed by atoms with E-state index in [1.54, 1.807) is 6.33 Å². The number of ketones is 1. The van der Waals surface area contributed by atoms with Gasteiger partial charge in [-0.1, -0.05) is 18.1 Å². The molecule has 31 heavy (non-hydrogen) atoms. The maximum Gasteiger partial charge on any atom is 0.151 e. The van der Waals surface area contributed by atoms with Crippen molar-refractivity contribution in [2.45, 2.75) is 12.5 Å². The average molecular weight is 412 g/mol. The zero-order chi connectivity index (χ0) is 21.4. The summed E-state index contributed by atoms with van der Waals surface area (Å²) < 4.78 is 0. The van der Waals surface area contributed by atoms with E-state index in [9.17, 15) is 4.79 Å². The molecule has 0 bridgehead atoms. The number of hydrogen-bond donors (Lipinski definition) is 1. The number of carbonyl (C=O) groups excluding carboxylic acids is 1. The molecule has 0 aliphatic carbocycles. The molecule has 6 nitrogen and oxygen atoms in total. The minimum atomic E-state index is 0.247. The molecule has 2 aliphatic rings. The quantitative estimate of drug-likeness (QED) is 0.630. The summed E-state index contributed by atoms with van der Waals surface area (Å²) in [6.07, 6.45) is 7.47. The Kier molecular flexibility index (Phi) is 5.14. The van der Waals surface area contributed by atoms with Crippen molar-refractivity contribution in [1.82, 2.24) is 19.8 Å². The summed E-state index contributed by atoms with van der Waals surface area (Å²) in [5.41, 5.74) is 3.48. The molecule has 2 unspecified atom stereocenters. The van der Waals surface area contributed by atoms with Crippen LogP contribution in [0.5, 0.6) is 0 Å². The molecular weight excluding hydrogens is 386 g/mol. The van der Waals surface area contributed by atoms with E-state index in [0.29, 0.717) is 24.8 Å². The Morgan fingerprint density at radius 2 is 2.10 bits per heavy atom. The zero-order valence-corrected chi connectivity index (χ0v) is 17.6. The molecule has 0 saturated carbocycles. The Morgan fingerprint density at radius 1 is 1.19 bits per heavy atom. The fraction of sp³-hybridized carbons (Fsp3) is 0.320. The van der Waals surface area contributed by atoms with Gasteiger partial charge < -0.3 is 10.2 Å². The predicted molar refractivity (Wildman–Crippen MR) is 122 cm³/mol. The van der Waals surface area contributed by atoms with Crippen LogP contribution in [0.15, 0.2) is 48.8 Å². The lowest BCUT2D eigenvalue weighted by atomic mass is 9.93. The van der Waals surface area contributed by atoms with E-state index in [-0.39, 0.29) is 5.78 Å². The van der Waals surface area contributed by atoms with Crippen LogP contribution in [-0.4, -0.2) is 64.8 Å². The number of Topliss-reactive ketones (excluding diaryl/α,β-unsaturated/α-hetero) is 1. The second-order valence-corrected chi connectivity index (χ2v) is 8.60. The molecule has 2 fully saturated rings. The SMILES string of the molecule is C#Cc1cccc(Nc2ncnc3ccc(CC(=O)CN4CC5CN(C)C5C4)cc23)c1. The van der Waals surface area contributed by atoms with Crippen molar-refractivity contribution in [3.63, 3.8) is 0 Å². The number of anilines is 2. The Balaban J connectivity index is 1.31. The number of carbonyl (C=O) groups is 1. The van der Waals surface area contributed by atoms with Crippen molar-refractivity contribution in [2.24, 2.45) is 5.92 Å². The second-order valence-electron chi connectivity index (χ2n) is 8.60. The third kappa shape index (κ3) is 4.02. The predicted octanol–water partition coefficient (Wildman–Crippen LogP) is 2.71. The van der Waals surface area contributed by atoms with E-state index in [2.05, 4.69) is 38.1 Å². The molecule has 2 saturated heterocycles. The lowest BCUT2D eigenvalue weighted by molar-refractivity contribution is -0.119. The molecule has 3 heterocycles. The maximum absolute atomic E-state index is 12.7. The van der Waals surface area contributed by atoms with E-state index in [0.717, 1.165) is 53.3 Å². The van der Waals surface area contributed by atoms with E-state index < -0.39 is 0 Å². The van der Waals surface area contributed by atoms with Gasteiger partial charge in [-0.2, -0.15) is 0 Å². The van der Waals surface area contributed by atoms with Crippen LogP contribution in [0.25, 0.3) is 10.9 Å². The van der Waals surface area contributed by atoms with Crippen molar-refractivity contribution < 1.29 is 4.79 Å². The van der Waals surface area contributed by atoms with E-state index in [4.69, 9.17) is 6.42 Å². The molecule has 0 amide bonds. The summed E-state index contributed by atoms with van der Waals surface area (Å²) in [7, 11) is 2.16. The van der Waals surface area contributed by atoms with Gasteiger partial charge in [-0.3, -0.25) is 9.69 Å². The largest absolute Gasteiger partial charge is 0.340 e. The lowest BCUT2D eigenvalue weighted by Gasteiger charge is -2.40. The van der Waals surface area contributed by atoms with Gasteiger partial charge in [0.05, 0.1) is 12.1 Å². The van der Waals surface area contributed by atoms with Crippen LogP contribution in [0, 0.1) is 18.3 Å². The fourth-order valence-electron chi connectivity index (χ4n) is 4.79. The molecule has 2 atom stereocenters. The second kappa shape index (κ2) is 8.10. The van der Waals surface area contributed by atoms with Crippen molar-refractivity contribution in [3.8, 4) is 12.3 Å². The van der Waals surface area contributed by atoms with Crippen LogP contribution in [0.4, 0.5) is 11.5 Å². The van der Waals surface area contributed by atoms with Crippen LogP contribution in [0.2, 0.25) is 0 Å². The molecular formula is C25H25N5O. The number of nitrogens with zero attached hydrogens (tertiary/aromatic N) is 4. The standard InChI is InChI=1S/C25H25N5O/c1-3-17-5-4-6-20(9-17)28-25-22-11-18(7-8-23(22)26-16-27-25)10-21(31)14-30-13-19-12-29(2)24(19)15-30/h1,4-9,11,16,19,24H,10,12-15H2,2H3,(H,26,27,28). The first-order valence-corrected chi connectivity index (χ1v) is 10.6. The highest BCUT2D eigenvalue weighted by atomic mass is 16.1. The lowest BCUT2D eigenvalue weighted by Crippen LogP contribution is -2.52. The Hall–Kier alpha value is -3.27. The molecule has 156 valence electrons. The van der Waals surface area contributed by atoms with Crippen molar-refractivity contribution in [3.05, 3.63) is 59.9 Å². The van der Waals surface area contributed by atoms with Gasteiger partial charge in [0.1, 0.15) is 12.1 Å².